The first kappa shape index (κ1) is 25.1. The fourth-order valence-corrected chi connectivity index (χ4v) is 5.15. The number of hydrogen-bond donors (Lipinski definition) is 1. The van der Waals surface area contributed by atoms with E-state index in [-0.39, 0.29) is 11.7 Å². The molecule has 7 nitrogen and oxygen atoms in total. The topological polar surface area (TPSA) is 93.5 Å². The fraction of sp³-hybridized carbons (Fsp3) is 0.148. The molecule has 0 fully saturated rings. The number of amides is 1. The summed E-state index contributed by atoms with van der Waals surface area (Å²) in [7, 11) is 4.54. The number of ether oxygens (including phenoxy) is 3. The molecular formula is C27H23N3O4S2. The minimum Gasteiger partial charge on any atom is -0.493 e. The van der Waals surface area contributed by atoms with Gasteiger partial charge in [-0.25, -0.2) is 4.98 Å². The predicted octanol–water partition coefficient (Wildman–Crippen LogP) is 6.11. The quantitative estimate of drug-likeness (QED) is 0.268. The van der Waals surface area contributed by atoms with Gasteiger partial charge in [0.05, 0.1) is 38.3 Å². The maximum absolute atomic E-state index is 12.9. The van der Waals surface area contributed by atoms with Crippen LogP contribution in [0.1, 0.15) is 5.56 Å². The van der Waals surface area contributed by atoms with Crippen LogP contribution in [0.15, 0.2) is 71.1 Å². The van der Waals surface area contributed by atoms with Gasteiger partial charge in [-0.3, -0.25) is 4.79 Å². The van der Waals surface area contributed by atoms with Crippen molar-refractivity contribution in [2.45, 2.75) is 5.03 Å². The number of carbonyl (C=O) groups is 1. The second-order valence-corrected chi connectivity index (χ2v) is 9.35. The maximum Gasteiger partial charge on any atom is 0.234 e. The van der Waals surface area contributed by atoms with E-state index in [0.29, 0.717) is 33.5 Å². The van der Waals surface area contributed by atoms with Crippen LogP contribution in [-0.4, -0.2) is 38.0 Å². The third kappa shape index (κ3) is 5.46. The van der Waals surface area contributed by atoms with Crippen molar-refractivity contribution in [3.05, 3.63) is 71.6 Å². The molecular weight excluding hydrogens is 494 g/mol. The van der Waals surface area contributed by atoms with Crippen molar-refractivity contribution in [2.75, 3.05) is 32.4 Å². The largest absolute Gasteiger partial charge is 0.493 e. The minimum absolute atomic E-state index is 0.0560. The molecule has 4 aromatic rings. The highest BCUT2D eigenvalue weighted by molar-refractivity contribution is 8.00. The van der Waals surface area contributed by atoms with Gasteiger partial charge in [0.15, 0.2) is 11.5 Å². The first-order chi connectivity index (χ1) is 17.6. The number of nitrogens with one attached hydrogen (secondary N) is 1. The summed E-state index contributed by atoms with van der Waals surface area (Å²) >= 11 is 2.77. The van der Waals surface area contributed by atoms with Crippen LogP contribution in [0.5, 0.6) is 17.2 Å². The standard InChI is InChI=1S/C27H23N3O4S2/c1-32-22-12-18(13-23(33-2)26(22)34-3)29-25(31)16-36-27-20(15-28)19(24-10-7-11-35-24)14-21(30-27)17-8-5-4-6-9-17/h4-14H,16H2,1-3H3,(H,29,31). The SMILES string of the molecule is COc1cc(NC(=O)CSc2nc(-c3ccccc3)cc(-c3cccs3)c2C#N)cc(OC)c1OC. The van der Waals surface area contributed by atoms with Crippen molar-refractivity contribution in [3.8, 4) is 45.0 Å². The zero-order chi connectivity index (χ0) is 25.5. The van der Waals surface area contributed by atoms with Crippen molar-refractivity contribution in [1.29, 1.82) is 5.26 Å². The Kier molecular flexibility index (Phi) is 8.10. The van der Waals surface area contributed by atoms with E-state index >= 15 is 0 Å². The van der Waals surface area contributed by atoms with Gasteiger partial charge in [-0.05, 0) is 17.5 Å². The number of rotatable bonds is 9. The van der Waals surface area contributed by atoms with E-state index in [0.717, 1.165) is 21.7 Å². The molecule has 0 unspecified atom stereocenters. The number of pyridine rings is 1. The fourth-order valence-electron chi connectivity index (χ4n) is 3.60. The van der Waals surface area contributed by atoms with Gasteiger partial charge < -0.3 is 19.5 Å². The van der Waals surface area contributed by atoms with E-state index in [9.17, 15) is 10.1 Å². The molecule has 1 amide bonds. The molecule has 0 radical (unpaired) electrons. The Hall–Kier alpha value is -4.00. The van der Waals surface area contributed by atoms with Gasteiger partial charge in [-0.2, -0.15) is 5.26 Å². The van der Waals surface area contributed by atoms with Crippen LogP contribution in [0.2, 0.25) is 0 Å². The molecule has 4 rings (SSSR count). The van der Waals surface area contributed by atoms with Crippen LogP contribution in [-0.2, 0) is 4.79 Å². The third-order valence-corrected chi connectivity index (χ3v) is 7.12. The van der Waals surface area contributed by atoms with E-state index in [2.05, 4.69) is 11.4 Å². The van der Waals surface area contributed by atoms with E-state index in [4.69, 9.17) is 19.2 Å². The molecule has 0 bridgehead atoms. The lowest BCUT2D eigenvalue weighted by Crippen LogP contribution is -2.14. The lowest BCUT2D eigenvalue weighted by Gasteiger charge is -2.15. The van der Waals surface area contributed by atoms with Crippen LogP contribution in [0.25, 0.3) is 21.7 Å². The minimum atomic E-state index is -0.261. The molecule has 0 spiro atoms. The smallest absolute Gasteiger partial charge is 0.234 e. The molecule has 0 atom stereocenters. The first-order valence-corrected chi connectivity index (χ1v) is 12.7. The third-order valence-electron chi connectivity index (χ3n) is 5.24. The molecule has 2 aromatic heterocycles. The number of aromatic nitrogens is 1. The number of thioether (sulfide) groups is 1. The highest BCUT2D eigenvalue weighted by Crippen LogP contribution is 2.40. The van der Waals surface area contributed by atoms with Crippen LogP contribution in [0.4, 0.5) is 5.69 Å². The van der Waals surface area contributed by atoms with Crippen molar-refractivity contribution < 1.29 is 19.0 Å². The van der Waals surface area contributed by atoms with E-state index in [1.54, 1.807) is 23.5 Å². The molecule has 9 heteroatoms. The lowest BCUT2D eigenvalue weighted by molar-refractivity contribution is -0.113. The molecule has 0 aliphatic carbocycles. The zero-order valence-corrected chi connectivity index (χ0v) is 21.5. The first-order valence-electron chi connectivity index (χ1n) is 10.8. The zero-order valence-electron chi connectivity index (χ0n) is 19.9. The molecule has 0 aliphatic heterocycles. The molecule has 1 N–H and O–H groups in total. The summed E-state index contributed by atoms with van der Waals surface area (Å²) in [4.78, 5) is 18.6. The van der Waals surface area contributed by atoms with E-state index in [1.807, 2.05) is 53.9 Å². The number of thiophene rings is 1. The maximum atomic E-state index is 12.9. The second kappa shape index (κ2) is 11.6. The summed E-state index contributed by atoms with van der Waals surface area (Å²) in [6, 6.07) is 21.2. The summed E-state index contributed by atoms with van der Waals surface area (Å²) in [5.41, 5.74) is 3.42. The monoisotopic (exact) mass is 517 g/mol. The predicted molar refractivity (Wildman–Crippen MR) is 143 cm³/mol. The Morgan fingerprint density at radius 1 is 1.03 bits per heavy atom. The van der Waals surface area contributed by atoms with Crippen LogP contribution >= 0.6 is 23.1 Å². The number of benzene rings is 2. The summed E-state index contributed by atoms with van der Waals surface area (Å²) in [5.74, 6) is 1.10. The van der Waals surface area contributed by atoms with Crippen molar-refractivity contribution >= 4 is 34.7 Å². The number of hydrogen-bond acceptors (Lipinski definition) is 8. The molecule has 0 saturated carbocycles. The van der Waals surface area contributed by atoms with Gasteiger partial charge in [0.1, 0.15) is 11.1 Å². The number of methoxy groups -OCH3 is 3. The Balaban J connectivity index is 1.62. The summed E-state index contributed by atoms with van der Waals surface area (Å²) < 4.78 is 16.0. The van der Waals surface area contributed by atoms with Gasteiger partial charge in [0.25, 0.3) is 0 Å². The number of nitriles is 1. The van der Waals surface area contributed by atoms with Crippen LogP contribution in [0, 0.1) is 11.3 Å². The Labute approximate surface area is 217 Å². The number of nitrogens with zero attached hydrogens (tertiary/aromatic N) is 2. The van der Waals surface area contributed by atoms with Gasteiger partial charge in [0.2, 0.25) is 11.7 Å². The summed E-state index contributed by atoms with van der Waals surface area (Å²) in [6.07, 6.45) is 0. The average Bonchev–Trinajstić information content (AvgIpc) is 3.46. The highest BCUT2D eigenvalue weighted by atomic mass is 32.2. The van der Waals surface area contributed by atoms with Crippen LogP contribution < -0.4 is 19.5 Å². The number of carbonyl (C=O) groups excluding carboxylic acids is 1. The number of anilines is 1. The molecule has 2 heterocycles. The van der Waals surface area contributed by atoms with Crippen molar-refractivity contribution in [2.24, 2.45) is 0 Å². The molecule has 2 aromatic carbocycles. The van der Waals surface area contributed by atoms with Crippen LogP contribution in [0.3, 0.4) is 0 Å². The molecule has 0 saturated heterocycles. The second-order valence-electron chi connectivity index (χ2n) is 7.44. The van der Waals surface area contributed by atoms with Gasteiger partial charge in [0, 0.05) is 33.8 Å². The van der Waals surface area contributed by atoms with E-state index in [1.165, 1.54) is 33.1 Å². The van der Waals surface area contributed by atoms with Gasteiger partial charge >= 0.3 is 0 Å². The molecule has 182 valence electrons. The average molecular weight is 518 g/mol. The Morgan fingerprint density at radius 3 is 2.33 bits per heavy atom. The molecule has 36 heavy (non-hydrogen) atoms. The Morgan fingerprint density at radius 2 is 1.75 bits per heavy atom. The summed E-state index contributed by atoms with van der Waals surface area (Å²) in [5, 5.41) is 15.3. The highest BCUT2D eigenvalue weighted by Gasteiger charge is 2.19. The van der Waals surface area contributed by atoms with Gasteiger partial charge in [-0.1, -0.05) is 48.2 Å². The van der Waals surface area contributed by atoms with Crippen molar-refractivity contribution in [1.82, 2.24) is 4.98 Å². The summed E-state index contributed by atoms with van der Waals surface area (Å²) in [6.45, 7) is 0. The van der Waals surface area contributed by atoms with Gasteiger partial charge in [-0.15, -0.1) is 11.3 Å². The Bertz CT molecular complexity index is 1380. The van der Waals surface area contributed by atoms with Crippen molar-refractivity contribution in [3.63, 3.8) is 0 Å². The normalized spacial score (nSPS) is 10.4. The van der Waals surface area contributed by atoms with E-state index < -0.39 is 0 Å². The molecule has 0 aliphatic rings. The lowest BCUT2D eigenvalue weighted by atomic mass is 10.0.